The molecule has 0 saturated carbocycles. The van der Waals surface area contributed by atoms with Crippen LogP contribution >= 0.6 is 0 Å². The van der Waals surface area contributed by atoms with E-state index in [1.807, 2.05) is 54.6 Å². The predicted octanol–water partition coefficient (Wildman–Crippen LogP) is 3.79. The van der Waals surface area contributed by atoms with Gasteiger partial charge in [-0.25, -0.2) is 4.98 Å². The molecule has 0 amide bonds. The largest absolute Gasteiger partial charge is 0.354 e. The Balaban J connectivity index is 1.87. The van der Waals surface area contributed by atoms with E-state index in [1.165, 1.54) is 5.31 Å². The number of aromatic nitrogens is 2. The highest BCUT2D eigenvalue weighted by atomic mass is 14.9. The van der Waals surface area contributed by atoms with Crippen LogP contribution in [0.25, 0.3) is 11.4 Å². The van der Waals surface area contributed by atoms with Gasteiger partial charge >= 0.3 is 0 Å². The molecule has 0 bridgehead atoms. The SMILES string of the molecule is [2H]C1c2ccccc2N([2H])c2ccc(-c3ccccn3)nc21. The van der Waals surface area contributed by atoms with Crippen molar-refractivity contribution in [3.8, 4) is 11.4 Å². The van der Waals surface area contributed by atoms with Gasteiger partial charge in [0, 0.05) is 19.7 Å². The number of rotatable bonds is 1. The van der Waals surface area contributed by atoms with Crippen molar-refractivity contribution in [1.29, 1.82) is 0 Å². The van der Waals surface area contributed by atoms with E-state index < -0.39 is 6.40 Å². The van der Waals surface area contributed by atoms with Crippen molar-refractivity contribution in [2.24, 2.45) is 0 Å². The summed E-state index contributed by atoms with van der Waals surface area (Å²) in [6.45, 7) is 0. The second-order valence-corrected chi connectivity index (χ2v) is 4.63. The molecule has 0 radical (unpaired) electrons. The Bertz CT molecular complexity index is 836. The summed E-state index contributed by atoms with van der Waals surface area (Å²) in [5.74, 6) is 0. The number of pyridine rings is 2. The average Bonchev–Trinajstić information content (AvgIpc) is 2.60. The minimum absolute atomic E-state index is 0.587. The molecule has 4 rings (SSSR count). The van der Waals surface area contributed by atoms with Gasteiger partial charge in [-0.15, -0.1) is 0 Å². The van der Waals surface area contributed by atoms with Gasteiger partial charge in [0.2, 0.25) is 0 Å². The van der Waals surface area contributed by atoms with Crippen molar-refractivity contribution in [2.45, 2.75) is 6.40 Å². The topological polar surface area (TPSA) is 37.8 Å². The van der Waals surface area contributed by atoms with Crippen LogP contribution in [0.1, 0.15) is 12.6 Å². The molecule has 0 aliphatic carbocycles. The van der Waals surface area contributed by atoms with E-state index in [1.54, 1.807) is 6.20 Å². The van der Waals surface area contributed by atoms with Crippen LogP contribution < -0.4 is 5.31 Å². The summed E-state index contributed by atoms with van der Waals surface area (Å²) in [5.41, 5.74) is 4.28. The quantitative estimate of drug-likeness (QED) is 0.724. The average molecular weight is 261 g/mol. The molecule has 1 aliphatic rings. The van der Waals surface area contributed by atoms with Gasteiger partial charge in [-0.3, -0.25) is 4.98 Å². The Morgan fingerprint density at radius 1 is 0.950 bits per heavy atom. The lowest BCUT2D eigenvalue weighted by molar-refractivity contribution is 1.05. The number of para-hydroxylation sites is 1. The first-order chi connectivity index (χ1) is 10.8. The number of nitrogens with zero attached hydrogens (tertiary/aromatic N) is 2. The van der Waals surface area contributed by atoms with Crippen LogP contribution in [0.2, 0.25) is 1.41 Å². The van der Waals surface area contributed by atoms with Crippen LogP contribution in [0.15, 0.2) is 60.8 Å². The van der Waals surface area contributed by atoms with E-state index in [0.717, 1.165) is 22.6 Å². The minimum Gasteiger partial charge on any atom is -0.354 e. The van der Waals surface area contributed by atoms with Crippen LogP contribution in [0.4, 0.5) is 11.4 Å². The first-order valence-electron chi connectivity index (χ1n) is 7.50. The first kappa shape index (κ1) is 9.26. The van der Waals surface area contributed by atoms with Gasteiger partial charge in [0.05, 0.1) is 22.8 Å². The molecule has 3 heterocycles. The molecule has 1 N–H and O–H groups in total. The lowest BCUT2D eigenvalue weighted by Gasteiger charge is -2.20. The number of hydrogen-bond acceptors (Lipinski definition) is 3. The lowest BCUT2D eigenvalue weighted by Crippen LogP contribution is -2.08. The maximum Gasteiger partial charge on any atom is 0.167 e. The van der Waals surface area contributed by atoms with Crippen molar-refractivity contribution < 1.29 is 2.78 Å². The molecule has 0 saturated heterocycles. The Kier molecular flexibility index (Phi) is 2.06. The second kappa shape index (κ2) is 4.46. The number of benzene rings is 1. The fourth-order valence-corrected chi connectivity index (χ4v) is 2.31. The van der Waals surface area contributed by atoms with Crippen molar-refractivity contribution in [2.75, 3.05) is 5.31 Å². The van der Waals surface area contributed by atoms with E-state index in [2.05, 4.69) is 9.97 Å². The van der Waals surface area contributed by atoms with Crippen LogP contribution in [-0.4, -0.2) is 9.97 Å². The molecule has 96 valence electrons. The smallest absolute Gasteiger partial charge is 0.167 e. The Morgan fingerprint density at radius 2 is 1.85 bits per heavy atom. The molecule has 3 nitrogen and oxygen atoms in total. The van der Waals surface area contributed by atoms with Gasteiger partial charge in [0.15, 0.2) is 1.41 Å². The van der Waals surface area contributed by atoms with Crippen LogP contribution in [0, 0.1) is 0 Å². The summed E-state index contributed by atoms with van der Waals surface area (Å²) < 4.78 is 16.8. The van der Waals surface area contributed by atoms with E-state index in [-0.39, 0.29) is 0 Å². The maximum absolute atomic E-state index is 8.49. The van der Waals surface area contributed by atoms with E-state index >= 15 is 0 Å². The summed E-state index contributed by atoms with van der Waals surface area (Å²) in [4.78, 5) is 8.90. The van der Waals surface area contributed by atoms with Gasteiger partial charge in [0.25, 0.3) is 0 Å². The zero-order chi connectivity index (χ0) is 15.1. The standard InChI is InChI=1S/C17H13N3/c1-2-6-13-12(5-1)11-17-16(19-13)9-8-15(20-17)14-7-3-4-10-18-14/h1-10,19H,11H2/i11D/hD. The van der Waals surface area contributed by atoms with Gasteiger partial charge in [0.1, 0.15) is 0 Å². The molecule has 1 aromatic carbocycles. The van der Waals surface area contributed by atoms with E-state index in [0.29, 0.717) is 11.4 Å². The van der Waals surface area contributed by atoms with Gasteiger partial charge in [-0.1, -0.05) is 24.3 Å². The summed E-state index contributed by atoms with van der Waals surface area (Å²) in [6.07, 6.45) is 1.14. The van der Waals surface area contributed by atoms with Crippen molar-refractivity contribution in [1.82, 2.24) is 9.97 Å². The molecule has 3 heteroatoms. The van der Waals surface area contributed by atoms with Gasteiger partial charge in [-0.05, 0) is 35.9 Å². The van der Waals surface area contributed by atoms with E-state index in [9.17, 15) is 0 Å². The molecule has 0 spiro atoms. The Labute approximate surface area is 120 Å². The number of anilines is 2. The summed E-state index contributed by atoms with van der Waals surface area (Å²) in [7, 11) is 0. The highest BCUT2D eigenvalue weighted by Gasteiger charge is 2.16. The monoisotopic (exact) mass is 261 g/mol. The zero-order valence-electron chi connectivity index (χ0n) is 12.7. The molecule has 1 atom stereocenters. The van der Waals surface area contributed by atoms with Gasteiger partial charge in [-0.2, -0.15) is 0 Å². The third-order valence-electron chi connectivity index (χ3n) is 3.30. The highest BCUT2D eigenvalue weighted by molar-refractivity contribution is 5.72. The normalized spacial score (nSPS) is 17.8. The number of nitrogens with one attached hydrogen (secondary N) is 1. The molecule has 1 aliphatic heterocycles. The molecular formula is C17H13N3. The predicted molar refractivity (Wildman–Crippen MR) is 80.0 cm³/mol. The summed E-state index contributed by atoms with van der Waals surface area (Å²) in [5, 5.41) is 1.35. The van der Waals surface area contributed by atoms with Crippen LogP contribution in [-0.2, 0) is 6.40 Å². The van der Waals surface area contributed by atoms with Crippen molar-refractivity contribution >= 4 is 11.4 Å². The fraction of sp³-hybridized carbons (Fsp3) is 0.0588. The Hall–Kier alpha value is -2.68. The number of hydrogen-bond donors (Lipinski definition) is 1. The van der Waals surface area contributed by atoms with Crippen LogP contribution in [0.5, 0.6) is 0 Å². The lowest BCUT2D eigenvalue weighted by atomic mass is 10.0. The molecule has 1 unspecified atom stereocenters. The second-order valence-electron chi connectivity index (χ2n) is 4.63. The molecule has 20 heavy (non-hydrogen) atoms. The first-order valence-corrected chi connectivity index (χ1v) is 6.48. The van der Waals surface area contributed by atoms with E-state index in [4.69, 9.17) is 2.78 Å². The third-order valence-corrected chi connectivity index (χ3v) is 3.30. The van der Waals surface area contributed by atoms with Crippen molar-refractivity contribution in [3.05, 3.63) is 72.1 Å². The fourth-order valence-electron chi connectivity index (χ4n) is 2.31. The molecule has 2 aromatic heterocycles. The third kappa shape index (κ3) is 1.84. The van der Waals surface area contributed by atoms with Crippen molar-refractivity contribution in [3.63, 3.8) is 0 Å². The Morgan fingerprint density at radius 3 is 2.75 bits per heavy atom. The highest BCUT2D eigenvalue weighted by Crippen LogP contribution is 2.32. The van der Waals surface area contributed by atoms with Crippen LogP contribution in [0.3, 0.4) is 0 Å². The molecule has 0 fully saturated rings. The summed E-state index contributed by atoms with van der Waals surface area (Å²) in [6, 6.07) is 16.9. The zero-order valence-corrected chi connectivity index (χ0v) is 10.7. The minimum atomic E-state index is -0.587. The van der Waals surface area contributed by atoms with Gasteiger partial charge < -0.3 is 5.31 Å². The number of fused-ring (bicyclic) bond motifs is 2. The molecular weight excluding hydrogens is 246 g/mol. The molecule has 3 aromatic rings. The summed E-state index contributed by atoms with van der Waals surface area (Å²) >= 11 is 0. The maximum atomic E-state index is 8.49.